The topological polar surface area (TPSA) is 76.1 Å². The zero-order valence-corrected chi connectivity index (χ0v) is 17.8. The van der Waals surface area contributed by atoms with Crippen LogP contribution in [0.5, 0.6) is 5.75 Å². The van der Waals surface area contributed by atoms with Gasteiger partial charge in [0.05, 0.1) is 11.6 Å². The number of ether oxygens (including phenoxy) is 2. The molecule has 1 amide bonds. The van der Waals surface area contributed by atoms with Gasteiger partial charge in [-0.25, -0.2) is 0 Å². The number of carbonyl (C=O) groups is 2. The van der Waals surface area contributed by atoms with Crippen LogP contribution in [-0.2, 0) is 14.3 Å². The molecule has 1 N–H and O–H groups in total. The SMILES string of the molecule is C=CCOc1ccc([C@@H]2C(=C(O)c3ccc(C)cc3)C(=O)C(=O)N2CCCOC)cc1. The number of carbonyl (C=O) groups excluding carboxylic acids is 2. The summed E-state index contributed by atoms with van der Waals surface area (Å²) in [4.78, 5) is 27.3. The van der Waals surface area contributed by atoms with E-state index >= 15 is 0 Å². The van der Waals surface area contributed by atoms with E-state index in [-0.39, 0.29) is 11.3 Å². The van der Waals surface area contributed by atoms with E-state index in [9.17, 15) is 14.7 Å². The Morgan fingerprint density at radius 1 is 1.13 bits per heavy atom. The lowest BCUT2D eigenvalue weighted by Gasteiger charge is -2.25. The molecular formula is C25H27NO5. The van der Waals surface area contributed by atoms with Crippen molar-refractivity contribution in [2.75, 3.05) is 26.9 Å². The first-order chi connectivity index (χ1) is 15.0. The third kappa shape index (κ3) is 4.86. The predicted molar refractivity (Wildman–Crippen MR) is 119 cm³/mol. The van der Waals surface area contributed by atoms with Crippen LogP contribution in [0.15, 0.2) is 66.8 Å². The molecule has 3 rings (SSSR count). The third-order valence-electron chi connectivity index (χ3n) is 5.18. The van der Waals surface area contributed by atoms with E-state index < -0.39 is 17.7 Å². The fourth-order valence-electron chi connectivity index (χ4n) is 3.60. The zero-order chi connectivity index (χ0) is 22.4. The lowest BCUT2D eigenvalue weighted by Crippen LogP contribution is -2.31. The van der Waals surface area contributed by atoms with Crippen LogP contribution in [0.3, 0.4) is 0 Å². The number of ketones is 1. The maximum absolute atomic E-state index is 12.9. The summed E-state index contributed by atoms with van der Waals surface area (Å²) < 4.78 is 10.6. The molecule has 0 spiro atoms. The molecule has 0 aromatic heterocycles. The van der Waals surface area contributed by atoms with Gasteiger partial charge < -0.3 is 19.5 Å². The Bertz CT molecular complexity index is 976. The van der Waals surface area contributed by atoms with Gasteiger partial charge in [-0.3, -0.25) is 9.59 Å². The number of methoxy groups -OCH3 is 1. The average molecular weight is 421 g/mol. The highest BCUT2D eigenvalue weighted by Gasteiger charge is 2.45. The second-order valence-corrected chi connectivity index (χ2v) is 7.37. The van der Waals surface area contributed by atoms with Gasteiger partial charge in [-0.1, -0.05) is 54.6 Å². The Morgan fingerprint density at radius 2 is 1.81 bits per heavy atom. The first kappa shape index (κ1) is 22.3. The van der Waals surface area contributed by atoms with Gasteiger partial charge in [0.25, 0.3) is 11.7 Å². The van der Waals surface area contributed by atoms with Gasteiger partial charge in [-0.05, 0) is 31.0 Å². The summed E-state index contributed by atoms with van der Waals surface area (Å²) in [7, 11) is 1.59. The highest BCUT2D eigenvalue weighted by Crippen LogP contribution is 2.39. The molecule has 0 radical (unpaired) electrons. The van der Waals surface area contributed by atoms with Gasteiger partial charge in [-0.15, -0.1) is 0 Å². The molecule has 1 saturated heterocycles. The molecule has 2 aromatic rings. The van der Waals surface area contributed by atoms with Gasteiger partial charge in [0.15, 0.2) is 0 Å². The highest BCUT2D eigenvalue weighted by molar-refractivity contribution is 6.46. The van der Waals surface area contributed by atoms with E-state index in [1.54, 1.807) is 49.6 Å². The third-order valence-corrected chi connectivity index (χ3v) is 5.18. The van der Waals surface area contributed by atoms with E-state index in [0.29, 0.717) is 37.5 Å². The zero-order valence-electron chi connectivity index (χ0n) is 17.8. The molecule has 1 heterocycles. The summed E-state index contributed by atoms with van der Waals surface area (Å²) in [5.74, 6) is -0.836. The van der Waals surface area contributed by atoms with Crippen LogP contribution < -0.4 is 4.74 Å². The predicted octanol–water partition coefficient (Wildman–Crippen LogP) is 4.02. The minimum Gasteiger partial charge on any atom is -0.507 e. The molecule has 1 aliphatic rings. The molecular weight excluding hydrogens is 394 g/mol. The number of amides is 1. The van der Waals surface area contributed by atoms with Gasteiger partial charge >= 0.3 is 0 Å². The first-order valence-electron chi connectivity index (χ1n) is 10.2. The van der Waals surface area contributed by atoms with Crippen LogP contribution in [0, 0.1) is 6.92 Å². The average Bonchev–Trinajstić information content (AvgIpc) is 3.03. The first-order valence-corrected chi connectivity index (χ1v) is 10.2. The fourth-order valence-corrected chi connectivity index (χ4v) is 3.60. The molecule has 1 fully saturated rings. The Balaban J connectivity index is 2.05. The van der Waals surface area contributed by atoms with Crippen LogP contribution in [0.25, 0.3) is 5.76 Å². The van der Waals surface area contributed by atoms with E-state index in [0.717, 1.165) is 11.1 Å². The monoisotopic (exact) mass is 421 g/mol. The Labute approximate surface area is 182 Å². The van der Waals surface area contributed by atoms with Gasteiger partial charge in [0.2, 0.25) is 0 Å². The lowest BCUT2D eigenvalue weighted by molar-refractivity contribution is -0.140. The smallest absolute Gasteiger partial charge is 0.295 e. The van der Waals surface area contributed by atoms with Crippen LogP contribution in [0.2, 0.25) is 0 Å². The lowest BCUT2D eigenvalue weighted by atomic mass is 9.95. The second kappa shape index (κ2) is 10.1. The van der Waals surface area contributed by atoms with Crippen molar-refractivity contribution in [1.82, 2.24) is 4.90 Å². The number of aliphatic hydroxyl groups is 1. The Morgan fingerprint density at radius 3 is 2.42 bits per heavy atom. The highest BCUT2D eigenvalue weighted by atomic mass is 16.5. The number of aryl methyl sites for hydroxylation is 1. The van der Waals surface area contributed by atoms with Crippen molar-refractivity contribution in [2.24, 2.45) is 0 Å². The fraction of sp³-hybridized carbons (Fsp3) is 0.280. The molecule has 1 aliphatic heterocycles. The molecule has 0 unspecified atom stereocenters. The minimum absolute atomic E-state index is 0.0889. The van der Waals surface area contributed by atoms with E-state index in [1.165, 1.54) is 4.90 Å². The summed E-state index contributed by atoms with van der Waals surface area (Å²) >= 11 is 0. The van der Waals surface area contributed by atoms with Crippen molar-refractivity contribution in [2.45, 2.75) is 19.4 Å². The Hall–Kier alpha value is -3.38. The van der Waals surface area contributed by atoms with Gasteiger partial charge in [-0.2, -0.15) is 0 Å². The molecule has 31 heavy (non-hydrogen) atoms. The van der Waals surface area contributed by atoms with Crippen molar-refractivity contribution in [1.29, 1.82) is 0 Å². The van der Waals surface area contributed by atoms with Crippen LogP contribution in [0.4, 0.5) is 0 Å². The van der Waals surface area contributed by atoms with E-state index in [4.69, 9.17) is 9.47 Å². The van der Waals surface area contributed by atoms with Crippen molar-refractivity contribution in [3.8, 4) is 5.75 Å². The molecule has 0 saturated carbocycles. The molecule has 1 atom stereocenters. The summed E-state index contributed by atoms with van der Waals surface area (Å²) in [6.45, 7) is 6.74. The van der Waals surface area contributed by atoms with Crippen molar-refractivity contribution >= 4 is 17.4 Å². The number of hydrogen-bond acceptors (Lipinski definition) is 5. The Kier molecular flexibility index (Phi) is 7.26. The quantitative estimate of drug-likeness (QED) is 0.218. The number of likely N-dealkylation sites (tertiary alicyclic amines) is 1. The van der Waals surface area contributed by atoms with Gasteiger partial charge in [0, 0.05) is 25.8 Å². The molecule has 0 bridgehead atoms. The van der Waals surface area contributed by atoms with Crippen molar-refractivity contribution in [3.63, 3.8) is 0 Å². The maximum Gasteiger partial charge on any atom is 0.295 e. The number of benzene rings is 2. The summed E-state index contributed by atoms with van der Waals surface area (Å²) in [5.41, 5.74) is 2.34. The normalized spacial score (nSPS) is 17.7. The molecule has 2 aromatic carbocycles. The summed E-state index contributed by atoms with van der Waals surface area (Å²) in [6, 6.07) is 13.7. The van der Waals surface area contributed by atoms with Crippen LogP contribution in [-0.4, -0.2) is 48.6 Å². The molecule has 0 aliphatic carbocycles. The number of hydrogen-bond donors (Lipinski definition) is 1. The molecule has 6 nitrogen and oxygen atoms in total. The minimum atomic E-state index is -0.688. The molecule has 6 heteroatoms. The largest absolute Gasteiger partial charge is 0.507 e. The van der Waals surface area contributed by atoms with Crippen LogP contribution in [0.1, 0.15) is 29.2 Å². The van der Waals surface area contributed by atoms with E-state index in [2.05, 4.69) is 6.58 Å². The molecule has 162 valence electrons. The number of rotatable bonds is 9. The van der Waals surface area contributed by atoms with Crippen molar-refractivity contribution < 1.29 is 24.2 Å². The van der Waals surface area contributed by atoms with Crippen molar-refractivity contribution in [3.05, 3.63) is 83.4 Å². The standard InChI is InChI=1S/C25H27NO5/c1-4-15-31-20-12-10-18(11-13-20)22-21(23(27)19-8-6-17(2)7-9-19)24(28)25(29)26(22)14-5-16-30-3/h4,6-13,22,27H,1,5,14-16H2,2-3H3/t22-/m1/s1. The number of aliphatic hydroxyl groups excluding tert-OH is 1. The summed E-state index contributed by atoms with van der Waals surface area (Å²) in [5, 5.41) is 11.0. The van der Waals surface area contributed by atoms with E-state index in [1.807, 2.05) is 19.1 Å². The van der Waals surface area contributed by atoms with Crippen LogP contribution >= 0.6 is 0 Å². The van der Waals surface area contributed by atoms with Gasteiger partial charge in [0.1, 0.15) is 18.1 Å². The maximum atomic E-state index is 12.9. The number of nitrogens with zero attached hydrogens (tertiary/aromatic N) is 1. The second-order valence-electron chi connectivity index (χ2n) is 7.37. The summed E-state index contributed by atoms with van der Waals surface area (Å²) in [6.07, 6.45) is 2.23. The number of Topliss-reactive ketones (excluding diaryl/α,β-unsaturated/α-hetero) is 1.